The lowest BCUT2D eigenvalue weighted by Gasteiger charge is -2.27. The van der Waals surface area contributed by atoms with Gasteiger partial charge in [-0.1, -0.05) is 6.58 Å². The Morgan fingerprint density at radius 1 is 1.17 bits per heavy atom. The van der Waals surface area contributed by atoms with Crippen molar-refractivity contribution >= 4 is 5.97 Å². The molecule has 0 bridgehead atoms. The highest BCUT2D eigenvalue weighted by Crippen LogP contribution is 2.37. The highest BCUT2D eigenvalue weighted by atomic mass is 19.4. The molecule has 0 fully saturated rings. The fourth-order valence-electron chi connectivity index (χ4n) is 0.915. The second-order valence-electron chi connectivity index (χ2n) is 3.37. The monoisotopic (exact) mass is 280 g/mol. The van der Waals surface area contributed by atoms with Crippen LogP contribution in [0.4, 0.5) is 26.3 Å². The summed E-state index contributed by atoms with van der Waals surface area (Å²) in [6, 6.07) is 0. The Morgan fingerprint density at radius 2 is 1.67 bits per heavy atom. The van der Waals surface area contributed by atoms with Crippen molar-refractivity contribution in [2.24, 2.45) is 0 Å². The molecule has 1 N–H and O–H groups in total. The molecule has 0 amide bonds. The minimum Gasteiger partial charge on any atom is -0.393 e. The van der Waals surface area contributed by atoms with Crippen LogP contribution in [0.25, 0.3) is 0 Å². The lowest BCUT2D eigenvalue weighted by molar-refractivity contribution is -0.356. The van der Waals surface area contributed by atoms with Crippen LogP contribution in [-0.2, 0) is 9.53 Å². The van der Waals surface area contributed by atoms with E-state index >= 15 is 0 Å². The van der Waals surface area contributed by atoms with Crippen molar-refractivity contribution in [2.75, 3.05) is 0 Å². The van der Waals surface area contributed by atoms with E-state index in [0.717, 1.165) is 0 Å². The van der Waals surface area contributed by atoms with E-state index in [1.54, 1.807) is 0 Å². The van der Waals surface area contributed by atoms with Crippen molar-refractivity contribution in [2.45, 2.75) is 37.4 Å². The van der Waals surface area contributed by atoms with Crippen LogP contribution < -0.4 is 0 Å². The first-order valence-corrected chi connectivity index (χ1v) is 4.62. The van der Waals surface area contributed by atoms with E-state index in [1.165, 1.54) is 0 Å². The maximum atomic E-state index is 13.1. The van der Waals surface area contributed by atoms with Crippen molar-refractivity contribution in [1.82, 2.24) is 0 Å². The maximum Gasteiger partial charge on any atom is 0.461 e. The fraction of sp³-hybridized carbons (Fsp3) is 0.667. The summed E-state index contributed by atoms with van der Waals surface area (Å²) in [7, 11) is 0. The third-order valence-corrected chi connectivity index (χ3v) is 1.81. The topological polar surface area (TPSA) is 46.5 Å². The van der Waals surface area contributed by atoms with Gasteiger partial charge in [-0.2, -0.15) is 22.0 Å². The molecule has 0 saturated carbocycles. The molecular formula is C9H10F6O3. The van der Waals surface area contributed by atoms with Gasteiger partial charge >= 0.3 is 24.1 Å². The molecular weight excluding hydrogens is 270 g/mol. The molecule has 0 aliphatic carbocycles. The summed E-state index contributed by atoms with van der Waals surface area (Å²) in [5.41, 5.74) is 0. The molecule has 0 heterocycles. The van der Waals surface area contributed by atoms with Crippen LogP contribution >= 0.6 is 0 Å². The van der Waals surface area contributed by atoms with Crippen molar-refractivity contribution in [3.05, 3.63) is 12.7 Å². The first-order valence-electron chi connectivity index (χ1n) is 4.62. The molecule has 0 aliphatic heterocycles. The number of rotatable bonds is 6. The lowest BCUT2D eigenvalue weighted by Crippen LogP contribution is -2.47. The van der Waals surface area contributed by atoms with Crippen molar-refractivity contribution in [3.63, 3.8) is 0 Å². The summed E-state index contributed by atoms with van der Waals surface area (Å²) in [6.07, 6.45) is -13.5. The Morgan fingerprint density at radius 3 is 2.06 bits per heavy atom. The first kappa shape index (κ1) is 16.8. The average molecular weight is 280 g/mol. The molecule has 1 atom stereocenters. The molecule has 9 heteroatoms. The highest BCUT2D eigenvalue weighted by molar-refractivity contribution is 5.81. The van der Waals surface area contributed by atoms with Gasteiger partial charge in [-0.05, 0) is 6.42 Å². The van der Waals surface area contributed by atoms with Gasteiger partial charge in [0.25, 0.3) is 0 Å². The number of carbonyl (C=O) groups is 1. The van der Waals surface area contributed by atoms with E-state index in [9.17, 15) is 31.1 Å². The van der Waals surface area contributed by atoms with Crippen LogP contribution in [0.15, 0.2) is 12.7 Å². The van der Waals surface area contributed by atoms with E-state index in [2.05, 4.69) is 11.3 Å². The van der Waals surface area contributed by atoms with Crippen molar-refractivity contribution in [3.8, 4) is 0 Å². The van der Waals surface area contributed by atoms with Crippen LogP contribution in [0, 0.1) is 0 Å². The number of esters is 1. The summed E-state index contributed by atoms with van der Waals surface area (Å²) in [5, 5.41) is 8.69. The zero-order valence-corrected chi connectivity index (χ0v) is 8.94. The van der Waals surface area contributed by atoms with Crippen molar-refractivity contribution < 1.29 is 41.0 Å². The Balaban J connectivity index is 4.50. The Labute approximate surface area is 98.0 Å². The number of hydrogen-bond acceptors (Lipinski definition) is 3. The predicted molar refractivity (Wildman–Crippen MR) is 47.2 cm³/mol. The third kappa shape index (κ3) is 5.39. The molecule has 18 heavy (non-hydrogen) atoms. The second kappa shape index (κ2) is 5.59. The molecule has 0 aromatic carbocycles. The van der Waals surface area contributed by atoms with Gasteiger partial charge in [-0.15, -0.1) is 0 Å². The molecule has 0 spiro atoms. The Bertz CT molecular complexity index is 310. The number of hydrogen-bond donors (Lipinski definition) is 1. The van der Waals surface area contributed by atoms with E-state index < -0.39 is 43.4 Å². The van der Waals surface area contributed by atoms with Gasteiger partial charge in [0.2, 0.25) is 0 Å². The van der Waals surface area contributed by atoms with Crippen LogP contribution in [0.2, 0.25) is 0 Å². The van der Waals surface area contributed by atoms with Crippen LogP contribution in [-0.4, -0.2) is 29.2 Å². The SMILES string of the molecule is C=CC(=O)OC(F)(F)C(O)(F)CCCC(F)(F)F. The number of carbonyl (C=O) groups excluding carboxylic acids is 1. The van der Waals surface area contributed by atoms with Gasteiger partial charge in [-0.25, -0.2) is 9.18 Å². The number of halogens is 6. The third-order valence-electron chi connectivity index (χ3n) is 1.81. The molecule has 0 radical (unpaired) electrons. The molecule has 3 nitrogen and oxygen atoms in total. The number of ether oxygens (including phenoxy) is 1. The first-order chi connectivity index (χ1) is 7.91. The molecule has 0 aromatic rings. The van der Waals surface area contributed by atoms with Crippen LogP contribution in [0.1, 0.15) is 19.3 Å². The molecule has 0 rings (SSSR count). The number of aliphatic hydroxyl groups is 1. The summed E-state index contributed by atoms with van der Waals surface area (Å²) >= 11 is 0. The second-order valence-corrected chi connectivity index (χ2v) is 3.37. The van der Waals surface area contributed by atoms with E-state index in [4.69, 9.17) is 5.11 Å². The summed E-state index contributed by atoms with van der Waals surface area (Å²) in [6.45, 7) is 2.76. The maximum absolute atomic E-state index is 13.1. The largest absolute Gasteiger partial charge is 0.461 e. The summed E-state index contributed by atoms with van der Waals surface area (Å²) < 4.78 is 77.1. The highest BCUT2D eigenvalue weighted by Gasteiger charge is 2.57. The lowest BCUT2D eigenvalue weighted by atomic mass is 10.1. The standard InChI is InChI=1S/C9H10F6O3/c1-2-6(16)18-9(14,15)7(10,17)4-3-5-8(11,12)13/h2,17H,1,3-5H2. The molecule has 0 aromatic heterocycles. The minimum atomic E-state index is -4.95. The zero-order chi connectivity index (χ0) is 14.6. The Hall–Kier alpha value is -1.25. The molecule has 1 unspecified atom stereocenters. The summed E-state index contributed by atoms with van der Waals surface area (Å²) in [4.78, 5) is 10.4. The number of alkyl halides is 6. The predicted octanol–water partition coefficient (Wildman–Crippen LogP) is 2.70. The van der Waals surface area contributed by atoms with Gasteiger partial charge in [0.15, 0.2) is 0 Å². The zero-order valence-electron chi connectivity index (χ0n) is 8.94. The average Bonchev–Trinajstić information content (AvgIpc) is 2.14. The van der Waals surface area contributed by atoms with E-state index in [1.807, 2.05) is 0 Å². The van der Waals surface area contributed by atoms with Gasteiger partial charge in [-0.3, -0.25) is 0 Å². The van der Waals surface area contributed by atoms with E-state index in [0.29, 0.717) is 6.08 Å². The van der Waals surface area contributed by atoms with Crippen molar-refractivity contribution in [1.29, 1.82) is 0 Å². The van der Waals surface area contributed by atoms with Gasteiger partial charge in [0.1, 0.15) is 0 Å². The normalized spacial score (nSPS) is 15.9. The van der Waals surface area contributed by atoms with Gasteiger partial charge < -0.3 is 9.84 Å². The molecule has 0 aliphatic rings. The van der Waals surface area contributed by atoms with E-state index in [-0.39, 0.29) is 0 Å². The van der Waals surface area contributed by atoms with Crippen LogP contribution in [0.3, 0.4) is 0 Å². The smallest absolute Gasteiger partial charge is 0.393 e. The van der Waals surface area contributed by atoms with Gasteiger partial charge in [0.05, 0.1) is 0 Å². The Kier molecular flexibility index (Phi) is 5.21. The summed E-state index contributed by atoms with van der Waals surface area (Å²) in [5.74, 6) is -6.09. The quantitative estimate of drug-likeness (QED) is 0.462. The minimum absolute atomic E-state index is 0.291. The van der Waals surface area contributed by atoms with Gasteiger partial charge in [0, 0.05) is 18.9 Å². The molecule has 106 valence electrons. The molecule has 0 saturated heterocycles. The van der Waals surface area contributed by atoms with Crippen LogP contribution in [0.5, 0.6) is 0 Å². The fourth-order valence-corrected chi connectivity index (χ4v) is 0.915.